The Morgan fingerprint density at radius 2 is 2.36 bits per heavy atom. The molecule has 2 N–H and O–H groups in total. The molecule has 0 bridgehead atoms. The largest absolute Gasteiger partial charge is 0.492 e. The first-order valence-electron chi connectivity index (χ1n) is 7.89. The summed E-state index contributed by atoms with van der Waals surface area (Å²) in [6, 6.07) is 5.65. The number of hydrogen-bond acceptors (Lipinski definition) is 3. The van der Waals surface area contributed by atoms with Gasteiger partial charge in [-0.1, -0.05) is 18.5 Å². The predicted octanol–water partition coefficient (Wildman–Crippen LogP) is 2.95. The van der Waals surface area contributed by atoms with Gasteiger partial charge in [0.1, 0.15) is 5.75 Å². The maximum Gasteiger partial charge on any atom is 0.322 e. The average molecular weight is 324 g/mol. The van der Waals surface area contributed by atoms with E-state index in [1.165, 1.54) is 0 Å². The number of nitrogens with zero attached hydrogens (tertiary/aromatic N) is 1. The maximum atomic E-state index is 12.4. The molecule has 5 nitrogen and oxygen atoms in total. The van der Waals surface area contributed by atoms with Gasteiger partial charge in [-0.3, -0.25) is 0 Å². The summed E-state index contributed by atoms with van der Waals surface area (Å²) in [5, 5.41) is 6.81. The minimum atomic E-state index is -0.0468. The van der Waals surface area contributed by atoms with Crippen LogP contribution in [0.4, 0.5) is 10.5 Å². The zero-order chi connectivity index (χ0) is 15.5. The Bertz CT molecular complexity index is 552. The molecule has 2 aliphatic heterocycles. The molecule has 2 fully saturated rings. The Morgan fingerprint density at radius 1 is 1.50 bits per heavy atom. The number of nitrogens with one attached hydrogen (secondary N) is 2. The van der Waals surface area contributed by atoms with Crippen LogP contribution in [0.25, 0.3) is 0 Å². The number of benzene rings is 1. The van der Waals surface area contributed by atoms with Crippen molar-refractivity contribution in [3.63, 3.8) is 0 Å². The maximum absolute atomic E-state index is 12.4. The predicted molar refractivity (Wildman–Crippen MR) is 87.7 cm³/mol. The number of carbonyl (C=O) groups excluding carboxylic acids is 1. The topological polar surface area (TPSA) is 53.6 Å². The smallest absolute Gasteiger partial charge is 0.322 e. The Hall–Kier alpha value is -1.46. The molecule has 2 amide bonds. The van der Waals surface area contributed by atoms with Gasteiger partial charge in [0.25, 0.3) is 0 Å². The van der Waals surface area contributed by atoms with E-state index in [-0.39, 0.29) is 6.03 Å². The van der Waals surface area contributed by atoms with Crippen LogP contribution >= 0.6 is 11.6 Å². The van der Waals surface area contributed by atoms with E-state index < -0.39 is 0 Å². The van der Waals surface area contributed by atoms with Crippen molar-refractivity contribution in [1.82, 2.24) is 10.2 Å². The van der Waals surface area contributed by atoms with Crippen molar-refractivity contribution in [1.29, 1.82) is 0 Å². The second kappa shape index (κ2) is 6.75. The number of anilines is 1. The summed E-state index contributed by atoms with van der Waals surface area (Å²) < 4.78 is 5.54. The molecular formula is C16H22ClN3O2. The third kappa shape index (κ3) is 3.15. The molecule has 0 saturated carbocycles. The van der Waals surface area contributed by atoms with Crippen LogP contribution in [0.15, 0.2) is 18.2 Å². The molecule has 0 aliphatic carbocycles. The van der Waals surface area contributed by atoms with Gasteiger partial charge in [0.05, 0.1) is 11.6 Å². The minimum Gasteiger partial charge on any atom is -0.492 e. The van der Waals surface area contributed by atoms with Gasteiger partial charge in [-0.2, -0.15) is 0 Å². The van der Waals surface area contributed by atoms with Crippen LogP contribution in [0, 0.1) is 5.92 Å². The van der Waals surface area contributed by atoms with Crippen molar-refractivity contribution in [2.24, 2.45) is 5.92 Å². The molecule has 2 atom stereocenters. The summed E-state index contributed by atoms with van der Waals surface area (Å²) in [4.78, 5) is 14.4. The van der Waals surface area contributed by atoms with Crippen LogP contribution in [0.5, 0.6) is 5.75 Å². The highest BCUT2D eigenvalue weighted by Crippen LogP contribution is 2.30. The first kappa shape index (κ1) is 15.4. The van der Waals surface area contributed by atoms with Crippen LogP contribution in [0.3, 0.4) is 0 Å². The zero-order valence-electron chi connectivity index (χ0n) is 12.8. The van der Waals surface area contributed by atoms with Crippen LogP contribution in [-0.4, -0.2) is 43.2 Å². The van der Waals surface area contributed by atoms with Crippen molar-refractivity contribution in [3.05, 3.63) is 23.2 Å². The Balaban J connectivity index is 1.63. The van der Waals surface area contributed by atoms with Crippen LogP contribution < -0.4 is 15.4 Å². The first-order chi connectivity index (χ1) is 10.7. The molecular weight excluding hydrogens is 302 g/mol. The van der Waals surface area contributed by atoms with E-state index in [0.717, 1.165) is 32.5 Å². The van der Waals surface area contributed by atoms with E-state index in [0.29, 0.717) is 35.0 Å². The second-order valence-electron chi connectivity index (χ2n) is 5.89. The van der Waals surface area contributed by atoms with E-state index in [9.17, 15) is 4.79 Å². The summed E-state index contributed by atoms with van der Waals surface area (Å²) in [5.41, 5.74) is 0.702. The lowest BCUT2D eigenvalue weighted by Gasteiger charge is -2.23. The normalized spacial score (nSPS) is 23.5. The first-order valence-corrected chi connectivity index (χ1v) is 8.27. The van der Waals surface area contributed by atoms with Gasteiger partial charge in [0.15, 0.2) is 0 Å². The number of rotatable bonds is 4. The molecule has 3 rings (SSSR count). The van der Waals surface area contributed by atoms with E-state index >= 15 is 0 Å². The Morgan fingerprint density at radius 3 is 3.14 bits per heavy atom. The van der Waals surface area contributed by atoms with Crippen molar-refractivity contribution in [3.8, 4) is 5.75 Å². The van der Waals surface area contributed by atoms with E-state index in [1.807, 2.05) is 17.9 Å². The lowest BCUT2D eigenvalue weighted by atomic mass is 10.1. The van der Waals surface area contributed by atoms with E-state index in [1.54, 1.807) is 12.1 Å². The highest BCUT2D eigenvalue weighted by Gasteiger charge is 2.39. The van der Waals surface area contributed by atoms with Crippen molar-refractivity contribution >= 4 is 23.3 Å². The highest BCUT2D eigenvalue weighted by molar-refractivity contribution is 6.32. The molecule has 0 spiro atoms. The number of ether oxygens (including phenoxy) is 1. The average Bonchev–Trinajstić information content (AvgIpc) is 3.09. The number of hydrogen-bond donors (Lipinski definition) is 2. The van der Waals surface area contributed by atoms with E-state index in [2.05, 4.69) is 10.6 Å². The molecule has 0 unspecified atom stereocenters. The van der Waals surface area contributed by atoms with Gasteiger partial charge in [-0.15, -0.1) is 0 Å². The molecule has 2 heterocycles. The van der Waals surface area contributed by atoms with Crippen LogP contribution in [0.2, 0.25) is 5.02 Å². The summed E-state index contributed by atoms with van der Waals surface area (Å²) in [6.45, 7) is 5.42. The third-order valence-corrected chi connectivity index (χ3v) is 4.65. The number of urea groups is 1. The number of fused-ring (bicyclic) bond motifs is 1. The Labute approximate surface area is 136 Å². The zero-order valence-corrected chi connectivity index (χ0v) is 13.5. The lowest BCUT2D eigenvalue weighted by Crippen LogP contribution is -2.41. The number of amides is 2. The molecule has 1 aromatic carbocycles. The van der Waals surface area contributed by atoms with Gasteiger partial charge >= 0.3 is 6.03 Å². The van der Waals surface area contributed by atoms with Gasteiger partial charge in [-0.05, 0) is 37.0 Å². The van der Waals surface area contributed by atoms with Crippen molar-refractivity contribution < 1.29 is 9.53 Å². The van der Waals surface area contributed by atoms with Gasteiger partial charge in [0, 0.05) is 31.4 Å². The molecule has 1 aromatic rings. The quantitative estimate of drug-likeness (QED) is 0.895. The van der Waals surface area contributed by atoms with Gasteiger partial charge in [0.2, 0.25) is 0 Å². The van der Waals surface area contributed by atoms with Crippen LogP contribution in [-0.2, 0) is 0 Å². The van der Waals surface area contributed by atoms with Crippen molar-refractivity contribution in [2.45, 2.75) is 25.8 Å². The fourth-order valence-electron chi connectivity index (χ4n) is 3.20. The second-order valence-corrected chi connectivity index (χ2v) is 6.30. The fraction of sp³-hybridized carbons (Fsp3) is 0.562. The highest BCUT2D eigenvalue weighted by atomic mass is 35.5. The number of halogens is 1. The van der Waals surface area contributed by atoms with Crippen LogP contribution in [0.1, 0.15) is 19.8 Å². The summed E-state index contributed by atoms with van der Waals surface area (Å²) in [7, 11) is 0. The molecule has 2 aliphatic rings. The summed E-state index contributed by atoms with van der Waals surface area (Å²) in [5.74, 6) is 1.25. The minimum absolute atomic E-state index is 0.0468. The fourth-order valence-corrected chi connectivity index (χ4v) is 3.44. The van der Waals surface area contributed by atoms with Crippen molar-refractivity contribution in [2.75, 3.05) is 31.6 Å². The monoisotopic (exact) mass is 323 g/mol. The third-order valence-electron chi connectivity index (χ3n) is 4.35. The number of likely N-dealkylation sites (tertiary alicyclic amines) is 1. The SMILES string of the molecule is CCCOc1ccc(NC(=O)N2CC[C@H]3CNC[C@H]32)cc1Cl. The summed E-state index contributed by atoms with van der Waals surface area (Å²) >= 11 is 6.20. The molecule has 6 heteroatoms. The van der Waals surface area contributed by atoms with Gasteiger partial charge in [-0.25, -0.2) is 4.79 Å². The molecule has 0 radical (unpaired) electrons. The summed E-state index contributed by atoms with van der Waals surface area (Å²) in [6.07, 6.45) is 2.01. The van der Waals surface area contributed by atoms with E-state index in [4.69, 9.17) is 16.3 Å². The molecule has 0 aromatic heterocycles. The number of carbonyl (C=O) groups is 1. The molecule has 22 heavy (non-hydrogen) atoms. The van der Waals surface area contributed by atoms with Gasteiger partial charge < -0.3 is 20.3 Å². The Kier molecular flexibility index (Phi) is 4.74. The molecule has 120 valence electrons. The standard InChI is InChI=1S/C16H22ClN3O2/c1-2-7-22-15-4-3-12(8-13(15)17)19-16(21)20-6-5-11-9-18-10-14(11)20/h3-4,8,11,14,18H,2,5-7,9-10H2,1H3,(H,19,21)/t11-,14+/m0/s1. The lowest BCUT2D eigenvalue weighted by molar-refractivity contribution is 0.206. The molecule has 2 saturated heterocycles.